The average Bonchev–Trinajstić information content (AvgIpc) is 2.67. The monoisotopic (exact) mass is 351 g/mol. The Kier molecular flexibility index (Phi) is 4.99. The molecule has 0 spiro atoms. The second-order valence-corrected chi connectivity index (χ2v) is 6.19. The van der Waals surface area contributed by atoms with E-state index in [1.54, 1.807) is 29.2 Å². The van der Waals surface area contributed by atoms with Gasteiger partial charge in [-0.1, -0.05) is 6.07 Å². The van der Waals surface area contributed by atoms with Crippen molar-refractivity contribution in [1.29, 1.82) is 5.26 Å². The smallest absolute Gasteiger partial charge is 0.254 e. The number of rotatable bonds is 3. The molecule has 0 saturated carbocycles. The molecule has 0 radical (unpaired) electrons. The van der Waals surface area contributed by atoms with Gasteiger partial charge in [0, 0.05) is 37.3 Å². The fourth-order valence-corrected chi connectivity index (χ4v) is 3.06. The molecule has 1 fully saturated rings. The molecule has 26 heavy (non-hydrogen) atoms. The summed E-state index contributed by atoms with van der Waals surface area (Å²) in [5.74, 6) is -0.702. The molecule has 0 atom stereocenters. The van der Waals surface area contributed by atoms with Gasteiger partial charge in [0.25, 0.3) is 5.91 Å². The van der Waals surface area contributed by atoms with Gasteiger partial charge < -0.3 is 9.80 Å². The predicted octanol–water partition coefficient (Wildman–Crippen LogP) is 2.86. The Bertz CT molecular complexity index is 896. The number of Topliss-reactive ketones (excluding diaryl/α,β-unsaturated/α-hetero) is 1. The number of nitrogens with zero attached hydrogens (tertiary/aromatic N) is 3. The van der Waals surface area contributed by atoms with Crippen LogP contribution in [0, 0.1) is 17.1 Å². The molecule has 0 N–H and O–H groups in total. The standard InChI is InChI=1S/C20H18FN3O2/c1-14(25)15-5-6-17(13-22)19(12-15)23-7-9-24(10-8-23)20(26)16-3-2-4-18(21)11-16/h2-6,11-12H,7-10H2,1H3. The molecule has 1 amide bonds. The van der Waals surface area contributed by atoms with E-state index >= 15 is 0 Å². The molecule has 0 bridgehead atoms. The molecule has 1 aliphatic rings. The summed E-state index contributed by atoms with van der Waals surface area (Å²) in [4.78, 5) is 27.8. The summed E-state index contributed by atoms with van der Waals surface area (Å²) in [6.45, 7) is 3.49. The maximum absolute atomic E-state index is 13.3. The van der Waals surface area contributed by atoms with Crippen molar-refractivity contribution >= 4 is 17.4 Å². The van der Waals surface area contributed by atoms with Gasteiger partial charge in [0.2, 0.25) is 0 Å². The minimum absolute atomic E-state index is 0.0596. The Hall–Kier alpha value is -3.20. The van der Waals surface area contributed by atoms with Crippen molar-refractivity contribution in [3.63, 3.8) is 0 Å². The summed E-state index contributed by atoms with van der Waals surface area (Å²) >= 11 is 0. The van der Waals surface area contributed by atoms with Crippen molar-refractivity contribution in [3.8, 4) is 6.07 Å². The Balaban J connectivity index is 1.75. The summed E-state index contributed by atoms with van der Waals surface area (Å²) in [6.07, 6.45) is 0. The molecule has 5 nitrogen and oxygen atoms in total. The molecular formula is C20H18FN3O2. The van der Waals surface area contributed by atoms with Gasteiger partial charge in [-0.05, 0) is 43.3 Å². The van der Waals surface area contributed by atoms with Crippen molar-refractivity contribution in [3.05, 3.63) is 65.0 Å². The van der Waals surface area contributed by atoms with Gasteiger partial charge in [-0.3, -0.25) is 9.59 Å². The van der Waals surface area contributed by atoms with Gasteiger partial charge >= 0.3 is 0 Å². The third-order valence-corrected chi connectivity index (χ3v) is 4.50. The van der Waals surface area contributed by atoms with E-state index in [2.05, 4.69) is 6.07 Å². The van der Waals surface area contributed by atoms with Crippen LogP contribution in [0.1, 0.15) is 33.2 Å². The van der Waals surface area contributed by atoms with Crippen molar-refractivity contribution < 1.29 is 14.0 Å². The zero-order chi connectivity index (χ0) is 18.7. The second kappa shape index (κ2) is 7.36. The highest BCUT2D eigenvalue weighted by Gasteiger charge is 2.24. The van der Waals surface area contributed by atoms with E-state index in [1.165, 1.54) is 25.1 Å². The van der Waals surface area contributed by atoms with Crippen LogP contribution in [0.4, 0.5) is 10.1 Å². The molecule has 0 unspecified atom stereocenters. The van der Waals surface area contributed by atoms with E-state index in [9.17, 15) is 19.2 Å². The number of benzene rings is 2. The Labute approximate surface area is 151 Å². The molecule has 1 saturated heterocycles. The number of anilines is 1. The summed E-state index contributed by atoms with van der Waals surface area (Å²) in [5, 5.41) is 9.33. The van der Waals surface area contributed by atoms with E-state index < -0.39 is 5.82 Å². The van der Waals surface area contributed by atoms with Crippen molar-refractivity contribution in [1.82, 2.24) is 4.90 Å². The van der Waals surface area contributed by atoms with E-state index in [0.717, 1.165) is 0 Å². The van der Waals surface area contributed by atoms with Gasteiger partial charge in [-0.25, -0.2) is 4.39 Å². The Morgan fingerprint density at radius 1 is 1.04 bits per heavy atom. The zero-order valence-electron chi connectivity index (χ0n) is 14.4. The first kappa shape index (κ1) is 17.6. The molecule has 132 valence electrons. The SMILES string of the molecule is CC(=O)c1ccc(C#N)c(N2CCN(C(=O)c3cccc(F)c3)CC2)c1. The lowest BCUT2D eigenvalue weighted by Crippen LogP contribution is -2.49. The summed E-state index contributed by atoms with van der Waals surface area (Å²) in [7, 11) is 0. The quantitative estimate of drug-likeness (QED) is 0.798. The number of carbonyl (C=O) groups is 2. The lowest BCUT2D eigenvalue weighted by Gasteiger charge is -2.36. The number of nitriles is 1. The van der Waals surface area contributed by atoms with Crippen molar-refractivity contribution in [2.24, 2.45) is 0 Å². The average molecular weight is 351 g/mol. The third kappa shape index (κ3) is 3.57. The van der Waals surface area contributed by atoms with E-state index in [1.807, 2.05) is 4.90 Å². The van der Waals surface area contributed by atoms with E-state index in [-0.39, 0.29) is 11.7 Å². The van der Waals surface area contributed by atoms with Gasteiger partial charge in [0.15, 0.2) is 5.78 Å². The minimum Gasteiger partial charge on any atom is -0.367 e. The maximum atomic E-state index is 13.3. The number of hydrogen-bond acceptors (Lipinski definition) is 4. The molecule has 2 aromatic carbocycles. The highest BCUT2D eigenvalue weighted by molar-refractivity contribution is 5.96. The molecule has 6 heteroatoms. The third-order valence-electron chi connectivity index (χ3n) is 4.50. The molecule has 1 heterocycles. The molecular weight excluding hydrogens is 333 g/mol. The summed E-state index contributed by atoms with van der Waals surface area (Å²) in [6, 6.07) is 12.8. The van der Waals surface area contributed by atoms with Crippen LogP contribution in [0.5, 0.6) is 0 Å². The fraction of sp³-hybridized carbons (Fsp3) is 0.250. The lowest BCUT2D eigenvalue weighted by molar-refractivity contribution is 0.0746. The topological polar surface area (TPSA) is 64.4 Å². The summed E-state index contributed by atoms with van der Waals surface area (Å²) < 4.78 is 13.3. The molecule has 1 aliphatic heterocycles. The number of ketones is 1. The molecule has 0 aliphatic carbocycles. The van der Waals surface area contributed by atoms with Crippen molar-refractivity contribution in [2.75, 3.05) is 31.1 Å². The normalized spacial score (nSPS) is 14.0. The Morgan fingerprint density at radius 2 is 1.77 bits per heavy atom. The van der Waals surface area contributed by atoms with Crippen LogP contribution in [0.3, 0.4) is 0 Å². The highest BCUT2D eigenvalue weighted by atomic mass is 19.1. The first-order chi connectivity index (χ1) is 12.5. The van der Waals surface area contributed by atoms with Crippen LogP contribution in [-0.2, 0) is 0 Å². The van der Waals surface area contributed by atoms with Crippen LogP contribution in [0.2, 0.25) is 0 Å². The summed E-state index contributed by atoms with van der Waals surface area (Å²) in [5.41, 5.74) is 2.09. The lowest BCUT2D eigenvalue weighted by atomic mass is 10.1. The van der Waals surface area contributed by atoms with Crippen LogP contribution in [-0.4, -0.2) is 42.8 Å². The maximum Gasteiger partial charge on any atom is 0.254 e. The van der Waals surface area contributed by atoms with Gasteiger partial charge in [0.05, 0.1) is 11.3 Å². The number of hydrogen-bond donors (Lipinski definition) is 0. The second-order valence-electron chi connectivity index (χ2n) is 6.19. The highest BCUT2D eigenvalue weighted by Crippen LogP contribution is 2.24. The fourth-order valence-electron chi connectivity index (χ4n) is 3.06. The predicted molar refractivity (Wildman–Crippen MR) is 95.7 cm³/mol. The van der Waals surface area contributed by atoms with Gasteiger partial charge in [-0.2, -0.15) is 5.26 Å². The first-order valence-electron chi connectivity index (χ1n) is 8.34. The number of piperazine rings is 1. The van der Waals surface area contributed by atoms with Crippen LogP contribution in [0.15, 0.2) is 42.5 Å². The van der Waals surface area contributed by atoms with Gasteiger partial charge in [-0.15, -0.1) is 0 Å². The van der Waals surface area contributed by atoms with Crippen LogP contribution in [0.25, 0.3) is 0 Å². The number of carbonyl (C=O) groups excluding carboxylic acids is 2. The van der Waals surface area contributed by atoms with Crippen LogP contribution >= 0.6 is 0 Å². The number of amides is 1. The zero-order valence-corrected chi connectivity index (χ0v) is 14.4. The largest absolute Gasteiger partial charge is 0.367 e. The van der Waals surface area contributed by atoms with E-state index in [4.69, 9.17) is 0 Å². The van der Waals surface area contributed by atoms with E-state index in [0.29, 0.717) is 48.6 Å². The number of halogens is 1. The first-order valence-corrected chi connectivity index (χ1v) is 8.34. The minimum atomic E-state index is -0.436. The van der Waals surface area contributed by atoms with Gasteiger partial charge in [0.1, 0.15) is 11.9 Å². The van der Waals surface area contributed by atoms with Crippen LogP contribution < -0.4 is 4.90 Å². The molecule has 2 aromatic rings. The molecule has 3 rings (SSSR count). The Morgan fingerprint density at radius 3 is 2.38 bits per heavy atom. The van der Waals surface area contributed by atoms with Crippen molar-refractivity contribution in [2.45, 2.75) is 6.92 Å². The molecule has 0 aromatic heterocycles.